The maximum Gasteiger partial charge on any atom is 0.323 e. The second-order valence-corrected chi connectivity index (χ2v) is 5.29. The number of nitrogens with one attached hydrogen (secondary N) is 3. The summed E-state index contributed by atoms with van der Waals surface area (Å²) in [5, 5.41) is 3.11. The number of anilines is 2. The van der Waals surface area contributed by atoms with Gasteiger partial charge in [0.15, 0.2) is 5.13 Å². The lowest BCUT2D eigenvalue weighted by Crippen LogP contribution is -2.11. The third-order valence-electron chi connectivity index (χ3n) is 2.79. The molecule has 0 saturated carbocycles. The van der Waals surface area contributed by atoms with E-state index in [1.165, 1.54) is 0 Å². The number of H-pyrrole nitrogens is 2. The summed E-state index contributed by atoms with van der Waals surface area (Å²) in [5.41, 5.74) is 7.79. The minimum absolute atomic E-state index is 0.270. The summed E-state index contributed by atoms with van der Waals surface area (Å²) in [5.74, 6) is -0.270. The highest BCUT2D eigenvalue weighted by Crippen LogP contribution is 2.22. The lowest BCUT2D eigenvalue weighted by molar-refractivity contribution is 0.103. The standard InChI is InChI=1S/C12H11N5O2S/c1-5-9(20-11(13)14-5)10(18)15-6-2-3-7-8(4-6)17-12(19)16-7/h2-4H,1H3,(H2,13,14)(H,15,18)(H2,16,17,19). The van der Waals surface area contributed by atoms with Gasteiger partial charge in [-0.1, -0.05) is 11.3 Å². The van der Waals surface area contributed by atoms with Gasteiger partial charge in [0.05, 0.1) is 16.7 Å². The fourth-order valence-electron chi connectivity index (χ4n) is 1.93. The van der Waals surface area contributed by atoms with Gasteiger partial charge in [0.25, 0.3) is 5.91 Å². The number of carbonyl (C=O) groups excluding carboxylic acids is 1. The van der Waals surface area contributed by atoms with Crippen LogP contribution in [0.2, 0.25) is 0 Å². The zero-order chi connectivity index (χ0) is 14.3. The zero-order valence-corrected chi connectivity index (χ0v) is 11.3. The molecule has 102 valence electrons. The molecule has 0 fully saturated rings. The number of fused-ring (bicyclic) bond motifs is 1. The van der Waals surface area contributed by atoms with E-state index >= 15 is 0 Å². The predicted molar refractivity (Wildman–Crippen MR) is 78.1 cm³/mol. The van der Waals surface area contributed by atoms with Crippen molar-refractivity contribution in [3.05, 3.63) is 39.3 Å². The molecular weight excluding hydrogens is 278 g/mol. The highest BCUT2D eigenvalue weighted by atomic mass is 32.1. The number of amides is 1. The zero-order valence-electron chi connectivity index (χ0n) is 10.5. The van der Waals surface area contributed by atoms with Crippen molar-refractivity contribution in [1.82, 2.24) is 15.0 Å². The number of nitrogen functional groups attached to an aromatic ring is 1. The van der Waals surface area contributed by atoms with Gasteiger partial charge in [-0.25, -0.2) is 9.78 Å². The van der Waals surface area contributed by atoms with E-state index in [1.54, 1.807) is 25.1 Å². The number of imidazole rings is 1. The molecule has 3 aromatic rings. The van der Waals surface area contributed by atoms with Crippen molar-refractivity contribution in [1.29, 1.82) is 0 Å². The van der Waals surface area contributed by atoms with Crippen molar-refractivity contribution >= 4 is 39.1 Å². The summed E-state index contributed by atoms with van der Waals surface area (Å²) >= 11 is 1.14. The molecule has 0 aliphatic carbocycles. The lowest BCUT2D eigenvalue weighted by Gasteiger charge is -2.03. The van der Waals surface area contributed by atoms with E-state index in [2.05, 4.69) is 20.3 Å². The van der Waals surface area contributed by atoms with Gasteiger partial charge in [-0.15, -0.1) is 0 Å². The number of hydrogen-bond donors (Lipinski definition) is 4. The topological polar surface area (TPSA) is 117 Å². The fourth-order valence-corrected chi connectivity index (χ4v) is 2.65. The Labute approximate surface area is 116 Å². The summed E-state index contributed by atoms with van der Waals surface area (Å²) in [6.07, 6.45) is 0. The van der Waals surface area contributed by atoms with Crippen LogP contribution in [0.3, 0.4) is 0 Å². The van der Waals surface area contributed by atoms with Crippen LogP contribution in [-0.2, 0) is 0 Å². The van der Waals surface area contributed by atoms with E-state index in [0.29, 0.717) is 32.4 Å². The molecule has 0 unspecified atom stereocenters. The number of benzene rings is 1. The van der Waals surface area contributed by atoms with Crippen LogP contribution in [0.1, 0.15) is 15.4 Å². The monoisotopic (exact) mass is 289 g/mol. The number of thiazole rings is 1. The third kappa shape index (κ3) is 2.16. The Balaban J connectivity index is 1.90. The summed E-state index contributed by atoms with van der Waals surface area (Å²) in [7, 11) is 0. The molecule has 0 atom stereocenters. The molecule has 7 nitrogen and oxygen atoms in total. The largest absolute Gasteiger partial charge is 0.375 e. The Morgan fingerprint density at radius 1 is 1.35 bits per heavy atom. The molecule has 2 aromatic heterocycles. The number of hydrogen-bond acceptors (Lipinski definition) is 5. The van der Waals surface area contributed by atoms with E-state index in [4.69, 9.17) is 5.73 Å². The number of nitrogens with two attached hydrogens (primary N) is 1. The maximum atomic E-state index is 12.1. The van der Waals surface area contributed by atoms with Gasteiger partial charge in [0.2, 0.25) is 0 Å². The van der Waals surface area contributed by atoms with Crippen LogP contribution in [0.4, 0.5) is 10.8 Å². The average Bonchev–Trinajstić information content (AvgIpc) is 2.90. The van der Waals surface area contributed by atoms with Crippen molar-refractivity contribution in [2.24, 2.45) is 0 Å². The number of rotatable bonds is 2. The highest BCUT2D eigenvalue weighted by Gasteiger charge is 2.14. The Morgan fingerprint density at radius 3 is 2.80 bits per heavy atom. The molecule has 0 saturated heterocycles. The Morgan fingerprint density at radius 2 is 2.10 bits per heavy atom. The Kier molecular flexibility index (Phi) is 2.79. The summed E-state index contributed by atoms with van der Waals surface area (Å²) in [6.45, 7) is 1.73. The first-order valence-corrected chi connectivity index (χ1v) is 6.61. The molecule has 8 heteroatoms. The van der Waals surface area contributed by atoms with E-state index < -0.39 is 0 Å². The molecule has 5 N–H and O–H groups in total. The smallest absolute Gasteiger partial charge is 0.323 e. The fraction of sp³-hybridized carbons (Fsp3) is 0.0833. The van der Waals surface area contributed by atoms with Crippen LogP contribution in [0, 0.1) is 6.92 Å². The first-order valence-electron chi connectivity index (χ1n) is 5.79. The van der Waals surface area contributed by atoms with E-state index in [1.807, 2.05) is 0 Å². The number of aromatic amines is 2. The van der Waals surface area contributed by atoms with E-state index in [9.17, 15) is 9.59 Å². The molecule has 2 heterocycles. The molecule has 1 amide bonds. The van der Waals surface area contributed by atoms with Gasteiger partial charge >= 0.3 is 5.69 Å². The molecule has 0 bridgehead atoms. The number of nitrogens with zero attached hydrogens (tertiary/aromatic N) is 1. The SMILES string of the molecule is Cc1nc(N)sc1C(=O)Nc1ccc2[nH]c(=O)[nH]c2c1. The number of carbonyl (C=O) groups is 1. The summed E-state index contributed by atoms with van der Waals surface area (Å²) in [6, 6.07) is 5.12. The van der Waals surface area contributed by atoms with Gasteiger partial charge in [0, 0.05) is 5.69 Å². The number of aromatic nitrogens is 3. The van der Waals surface area contributed by atoms with Crippen LogP contribution in [-0.4, -0.2) is 20.9 Å². The molecule has 0 aliphatic heterocycles. The average molecular weight is 289 g/mol. The predicted octanol–water partition coefficient (Wildman–Crippen LogP) is 1.46. The van der Waals surface area contributed by atoms with Crippen LogP contribution < -0.4 is 16.7 Å². The van der Waals surface area contributed by atoms with Crippen molar-refractivity contribution in [2.45, 2.75) is 6.92 Å². The highest BCUT2D eigenvalue weighted by molar-refractivity contribution is 7.17. The molecule has 0 radical (unpaired) electrons. The first kappa shape index (κ1) is 12.4. The lowest BCUT2D eigenvalue weighted by atomic mass is 10.2. The first-order chi connectivity index (χ1) is 9.52. The second-order valence-electron chi connectivity index (χ2n) is 4.26. The van der Waals surface area contributed by atoms with E-state index in [-0.39, 0.29) is 11.6 Å². The van der Waals surface area contributed by atoms with Gasteiger partial charge < -0.3 is 21.0 Å². The molecule has 1 aromatic carbocycles. The summed E-state index contributed by atoms with van der Waals surface area (Å²) < 4.78 is 0. The van der Waals surface area contributed by atoms with Crippen LogP contribution in [0.25, 0.3) is 11.0 Å². The van der Waals surface area contributed by atoms with Crippen molar-refractivity contribution in [3.63, 3.8) is 0 Å². The quantitative estimate of drug-likeness (QED) is 0.571. The Hall–Kier alpha value is -2.61. The van der Waals surface area contributed by atoms with E-state index in [0.717, 1.165) is 11.3 Å². The summed E-state index contributed by atoms with van der Waals surface area (Å²) in [4.78, 5) is 33.0. The van der Waals surface area contributed by atoms with Crippen LogP contribution in [0.15, 0.2) is 23.0 Å². The van der Waals surface area contributed by atoms with Gasteiger partial charge in [-0.2, -0.15) is 0 Å². The van der Waals surface area contributed by atoms with Gasteiger partial charge in [0.1, 0.15) is 4.88 Å². The molecule has 0 spiro atoms. The van der Waals surface area contributed by atoms with Crippen molar-refractivity contribution in [2.75, 3.05) is 11.1 Å². The van der Waals surface area contributed by atoms with Crippen molar-refractivity contribution < 1.29 is 4.79 Å². The van der Waals surface area contributed by atoms with Crippen molar-refractivity contribution in [3.8, 4) is 0 Å². The molecule has 0 aliphatic rings. The molecule has 20 heavy (non-hydrogen) atoms. The molecule has 3 rings (SSSR count). The third-order valence-corrected chi connectivity index (χ3v) is 3.78. The molecular formula is C12H11N5O2S. The normalized spacial score (nSPS) is 10.8. The minimum Gasteiger partial charge on any atom is -0.375 e. The minimum atomic E-state index is -0.283. The van der Waals surface area contributed by atoms with Gasteiger partial charge in [-0.05, 0) is 25.1 Å². The van der Waals surface area contributed by atoms with Gasteiger partial charge in [-0.3, -0.25) is 4.79 Å². The van der Waals surface area contributed by atoms with Crippen LogP contribution in [0.5, 0.6) is 0 Å². The number of aryl methyl sites for hydroxylation is 1. The maximum absolute atomic E-state index is 12.1. The Bertz CT molecular complexity index is 860. The second kappa shape index (κ2) is 4.49. The van der Waals surface area contributed by atoms with Crippen LogP contribution >= 0.6 is 11.3 Å².